The first kappa shape index (κ1) is 24.1. The summed E-state index contributed by atoms with van der Waals surface area (Å²) < 4.78 is 39.9. The molecule has 0 spiro atoms. The van der Waals surface area contributed by atoms with Gasteiger partial charge >= 0.3 is 6.18 Å². The normalized spacial score (nSPS) is 12.9. The van der Waals surface area contributed by atoms with Crippen LogP contribution in [-0.2, 0) is 19.1 Å². The Hall–Kier alpha value is -3.62. The number of hydrogen-bond donors (Lipinski definition) is 1. The second-order valence-electron chi connectivity index (χ2n) is 8.26. The Morgan fingerprint density at radius 2 is 1.67 bits per heavy atom. The van der Waals surface area contributed by atoms with Crippen molar-refractivity contribution in [1.29, 1.82) is 0 Å². The van der Waals surface area contributed by atoms with Gasteiger partial charge in [-0.1, -0.05) is 41.9 Å². The van der Waals surface area contributed by atoms with E-state index in [1.165, 1.54) is 35.2 Å². The van der Waals surface area contributed by atoms with Gasteiger partial charge in [0, 0.05) is 22.7 Å². The number of thiophene rings is 1. The van der Waals surface area contributed by atoms with Crippen LogP contribution in [0.5, 0.6) is 0 Å². The summed E-state index contributed by atoms with van der Waals surface area (Å²) in [6, 6.07) is 18.5. The Morgan fingerprint density at radius 3 is 2.44 bits per heavy atom. The highest BCUT2D eigenvalue weighted by Crippen LogP contribution is 2.35. The van der Waals surface area contributed by atoms with Crippen LogP contribution in [0.2, 0.25) is 5.02 Å². The van der Waals surface area contributed by atoms with Crippen molar-refractivity contribution in [2.75, 3.05) is 10.2 Å². The molecule has 1 aromatic heterocycles. The van der Waals surface area contributed by atoms with Gasteiger partial charge in [0.25, 0.3) is 11.8 Å². The molecule has 0 saturated carbocycles. The molecule has 0 aliphatic carbocycles. The van der Waals surface area contributed by atoms with Crippen LogP contribution in [0.3, 0.4) is 0 Å². The minimum Gasteiger partial charge on any atom is -0.322 e. The van der Waals surface area contributed by atoms with E-state index in [1.807, 2.05) is 35.7 Å². The average Bonchev–Trinajstić information content (AvgIpc) is 3.22. The maximum atomic E-state index is 13.6. The first-order valence-electron chi connectivity index (χ1n) is 10.9. The minimum atomic E-state index is -4.67. The summed E-state index contributed by atoms with van der Waals surface area (Å²) in [6.45, 7) is 0.387. The second kappa shape index (κ2) is 9.44. The van der Waals surface area contributed by atoms with Crippen molar-refractivity contribution in [3.8, 4) is 0 Å². The molecule has 4 aromatic rings. The standard InChI is InChI=1S/C27H18ClF3N2O2S/c28-22-14-18(32-25(34)19-6-2-3-7-21(19)27(29,30)31)9-10-20(22)26(35)33-15-17-11-12-36-24(17)13-16-5-1-4-8-23(16)33/h1-12,14H,13,15H2,(H,32,34). The van der Waals surface area contributed by atoms with Crippen LogP contribution in [0.4, 0.5) is 24.5 Å². The number of carbonyl (C=O) groups excluding carboxylic acids is 2. The van der Waals surface area contributed by atoms with Gasteiger partial charge in [-0.2, -0.15) is 13.2 Å². The molecule has 0 radical (unpaired) electrons. The number of amides is 2. The van der Waals surface area contributed by atoms with Gasteiger partial charge in [0.1, 0.15) is 0 Å². The largest absolute Gasteiger partial charge is 0.417 e. The Balaban J connectivity index is 1.42. The lowest BCUT2D eigenvalue weighted by molar-refractivity contribution is -0.137. The Labute approximate surface area is 213 Å². The maximum Gasteiger partial charge on any atom is 0.417 e. The van der Waals surface area contributed by atoms with Gasteiger partial charge in [0.2, 0.25) is 0 Å². The number of rotatable bonds is 3. The number of hydrogen-bond acceptors (Lipinski definition) is 3. The van der Waals surface area contributed by atoms with Gasteiger partial charge in [0.05, 0.1) is 28.3 Å². The van der Waals surface area contributed by atoms with Crippen molar-refractivity contribution in [1.82, 2.24) is 0 Å². The highest BCUT2D eigenvalue weighted by atomic mass is 35.5. The van der Waals surface area contributed by atoms with Gasteiger partial charge in [0.15, 0.2) is 0 Å². The molecule has 1 N–H and O–H groups in total. The summed E-state index contributed by atoms with van der Waals surface area (Å²) >= 11 is 8.10. The van der Waals surface area contributed by atoms with E-state index < -0.39 is 23.2 Å². The summed E-state index contributed by atoms with van der Waals surface area (Å²) in [7, 11) is 0. The molecule has 0 bridgehead atoms. The zero-order chi connectivity index (χ0) is 25.4. The SMILES string of the molecule is O=C(Nc1ccc(C(=O)N2Cc3ccsc3Cc3ccccc32)c(Cl)c1)c1ccccc1C(F)(F)F. The number of alkyl halides is 3. The molecule has 0 atom stereocenters. The molecule has 0 unspecified atom stereocenters. The highest BCUT2D eigenvalue weighted by molar-refractivity contribution is 7.10. The third kappa shape index (κ3) is 4.62. The molecule has 5 rings (SSSR count). The van der Waals surface area contributed by atoms with Crippen molar-refractivity contribution in [3.05, 3.63) is 116 Å². The summed E-state index contributed by atoms with van der Waals surface area (Å²) in [6.07, 6.45) is -3.95. The Kier molecular flexibility index (Phi) is 6.32. The number of fused-ring (bicyclic) bond motifs is 2. The third-order valence-electron chi connectivity index (χ3n) is 5.98. The molecular weight excluding hydrogens is 509 g/mol. The molecule has 3 aromatic carbocycles. The summed E-state index contributed by atoms with van der Waals surface area (Å²) in [5.41, 5.74) is 1.74. The van der Waals surface area contributed by atoms with Crippen molar-refractivity contribution >= 4 is 46.1 Å². The van der Waals surface area contributed by atoms with Crippen LogP contribution in [0.1, 0.15) is 42.3 Å². The monoisotopic (exact) mass is 526 g/mol. The van der Waals surface area contributed by atoms with Gasteiger partial charge in [-0.3, -0.25) is 9.59 Å². The number of benzene rings is 3. The fourth-order valence-corrected chi connectivity index (χ4v) is 5.42. The second-order valence-corrected chi connectivity index (χ2v) is 9.67. The van der Waals surface area contributed by atoms with E-state index in [0.717, 1.165) is 35.4 Å². The molecular formula is C27H18ClF3N2O2S. The van der Waals surface area contributed by atoms with E-state index in [0.29, 0.717) is 6.54 Å². The van der Waals surface area contributed by atoms with E-state index in [9.17, 15) is 22.8 Å². The van der Waals surface area contributed by atoms with E-state index in [2.05, 4.69) is 5.32 Å². The molecule has 2 heterocycles. The van der Waals surface area contributed by atoms with Crippen LogP contribution in [0.15, 0.2) is 78.2 Å². The molecule has 1 aliphatic rings. The van der Waals surface area contributed by atoms with Gasteiger partial charge in [-0.25, -0.2) is 0 Å². The van der Waals surface area contributed by atoms with Crippen molar-refractivity contribution in [3.63, 3.8) is 0 Å². The molecule has 0 fully saturated rings. The number of carbonyl (C=O) groups is 2. The summed E-state index contributed by atoms with van der Waals surface area (Å²) in [4.78, 5) is 29.1. The van der Waals surface area contributed by atoms with Gasteiger partial charge in [-0.15, -0.1) is 11.3 Å². The van der Waals surface area contributed by atoms with Crippen LogP contribution < -0.4 is 10.2 Å². The molecule has 4 nitrogen and oxygen atoms in total. The Morgan fingerprint density at radius 1 is 0.917 bits per heavy atom. The lowest BCUT2D eigenvalue weighted by atomic mass is 10.1. The summed E-state index contributed by atoms with van der Waals surface area (Å²) in [5.74, 6) is -1.24. The van der Waals surface area contributed by atoms with Crippen LogP contribution in [0, 0.1) is 0 Å². The van der Waals surface area contributed by atoms with E-state index in [1.54, 1.807) is 16.2 Å². The van der Waals surface area contributed by atoms with Gasteiger partial charge < -0.3 is 10.2 Å². The van der Waals surface area contributed by atoms with Crippen molar-refractivity contribution in [2.24, 2.45) is 0 Å². The van der Waals surface area contributed by atoms with Crippen molar-refractivity contribution < 1.29 is 22.8 Å². The fourth-order valence-electron chi connectivity index (χ4n) is 4.23. The number of para-hydroxylation sites is 1. The molecule has 0 saturated heterocycles. The first-order chi connectivity index (χ1) is 17.2. The number of halogens is 4. The molecule has 182 valence electrons. The highest BCUT2D eigenvalue weighted by Gasteiger charge is 2.35. The minimum absolute atomic E-state index is 0.0779. The van der Waals surface area contributed by atoms with Crippen LogP contribution >= 0.6 is 22.9 Å². The predicted octanol–water partition coefficient (Wildman–Crippen LogP) is 7.42. The van der Waals surface area contributed by atoms with E-state index >= 15 is 0 Å². The lowest BCUT2D eigenvalue weighted by Gasteiger charge is -2.24. The zero-order valence-electron chi connectivity index (χ0n) is 18.6. The smallest absolute Gasteiger partial charge is 0.322 e. The topological polar surface area (TPSA) is 49.4 Å². The maximum absolute atomic E-state index is 13.6. The zero-order valence-corrected chi connectivity index (χ0v) is 20.2. The third-order valence-corrected chi connectivity index (χ3v) is 7.26. The van der Waals surface area contributed by atoms with Crippen molar-refractivity contribution in [2.45, 2.75) is 19.1 Å². The molecule has 1 aliphatic heterocycles. The lowest BCUT2D eigenvalue weighted by Crippen LogP contribution is -2.30. The molecule has 2 amide bonds. The van der Waals surface area contributed by atoms with Crippen LogP contribution in [-0.4, -0.2) is 11.8 Å². The number of nitrogens with zero attached hydrogens (tertiary/aromatic N) is 1. The number of anilines is 2. The summed E-state index contributed by atoms with van der Waals surface area (Å²) in [5, 5.41) is 4.53. The predicted molar refractivity (Wildman–Crippen MR) is 135 cm³/mol. The molecule has 36 heavy (non-hydrogen) atoms. The number of nitrogens with one attached hydrogen (secondary N) is 1. The fraction of sp³-hybridized carbons (Fsp3) is 0.111. The van der Waals surface area contributed by atoms with Crippen LogP contribution in [0.25, 0.3) is 0 Å². The first-order valence-corrected chi connectivity index (χ1v) is 12.2. The Bertz CT molecular complexity index is 1480. The van der Waals surface area contributed by atoms with E-state index in [-0.39, 0.29) is 22.2 Å². The quantitative estimate of drug-likeness (QED) is 0.302. The van der Waals surface area contributed by atoms with Gasteiger partial charge in [-0.05, 0) is 59.0 Å². The molecule has 9 heteroatoms. The van der Waals surface area contributed by atoms with E-state index in [4.69, 9.17) is 11.6 Å². The average molecular weight is 527 g/mol.